The van der Waals surface area contributed by atoms with Crippen molar-refractivity contribution < 1.29 is 0 Å². The second-order valence-corrected chi connectivity index (χ2v) is 3.10. The average Bonchev–Trinajstić information content (AvgIpc) is 1.81. The van der Waals surface area contributed by atoms with Crippen molar-refractivity contribution in [2.24, 2.45) is 0 Å². The molecule has 0 amide bonds. The number of hydrogen-bond acceptors (Lipinski definition) is 1. The van der Waals surface area contributed by atoms with E-state index in [1.54, 1.807) is 0 Å². The van der Waals surface area contributed by atoms with E-state index in [0.29, 0.717) is 0 Å². The van der Waals surface area contributed by atoms with Crippen LogP contribution in [0.25, 0.3) is 0 Å². The maximum Gasteiger partial charge on any atom is 0.00440 e. The first-order valence-electron chi connectivity index (χ1n) is 3.62. The first-order chi connectivity index (χ1) is 3.91. The van der Waals surface area contributed by atoms with E-state index in [4.69, 9.17) is 0 Å². The summed E-state index contributed by atoms with van der Waals surface area (Å²) < 4.78 is 0. The first-order valence-corrected chi connectivity index (χ1v) is 5.04. The zero-order chi connectivity index (χ0) is 6.24. The van der Waals surface area contributed by atoms with Crippen molar-refractivity contribution in [3.05, 3.63) is 0 Å². The summed E-state index contributed by atoms with van der Waals surface area (Å²) in [6.07, 6.45) is 2.65. The highest BCUT2D eigenvalue weighted by molar-refractivity contribution is 6.08. The van der Waals surface area contributed by atoms with E-state index in [-0.39, 0.29) is 0 Å². The van der Waals surface area contributed by atoms with E-state index in [0.717, 1.165) is 0 Å². The van der Waals surface area contributed by atoms with Gasteiger partial charge in [0.05, 0.1) is 0 Å². The fourth-order valence-electron chi connectivity index (χ4n) is 0.604. The molecule has 0 heterocycles. The van der Waals surface area contributed by atoms with Crippen LogP contribution in [0.3, 0.4) is 0 Å². The molecule has 0 aliphatic heterocycles. The van der Waals surface area contributed by atoms with Crippen LogP contribution >= 0.6 is 0 Å². The van der Waals surface area contributed by atoms with Crippen molar-refractivity contribution in [1.82, 2.24) is 5.32 Å². The second kappa shape index (κ2) is 7.18. The molecular weight excluding hydrogens is 114 g/mol. The van der Waals surface area contributed by atoms with Crippen molar-refractivity contribution in [2.75, 3.05) is 13.1 Å². The predicted octanol–water partition coefficient (Wildman–Crippen LogP) is 0.160. The van der Waals surface area contributed by atoms with Crippen molar-refractivity contribution in [1.29, 1.82) is 0 Å². The summed E-state index contributed by atoms with van der Waals surface area (Å²) in [6.45, 7) is 4.69. The number of rotatable bonds is 5. The summed E-state index contributed by atoms with van der Waals surface area (Å²) in [5, 5.41) is 3.37. The Bertz CT molecular complexity index is 33.5. The average molecular weight is 131 g/mol. The summed E-state index contributed by atoms with van der Waals surface area (Å²) in [7, 11) is 1.34. The zero-order valence-electron chi connectivity index (χ0n) is 6.04. The number of unbranched alkanes of at least 4 members (excludes halogenated alkanes) is 1. The van der Waals surface area contributed by atoms with Crippen molar-refractivity contribution in [2.45, 2.75) is 25.8 Å². The van der Waals surface area contributed by atoms with Gasteiger partial charge in [0.2, 0.25) is 0 Å². The Morgan fingerprint density at radius 1 is 1.38 bits per heavy atom. The Balaban J connectivity index is 2.53. The van der Waals surface area contributed by atoms with E-state index >= 15 is 0 Å². The summed E-state index contributed by atoms with van der Waals surface area (Å²) in [5.41, 5.74) is 0. The molecule has 50 valence electrons. The molecule has 0 rings (SSSR count). The number of nitrogens with one attached hydrogen (secondary N) is 1. The highest BCUT2D eigenvalue weighted by Gasteiger charge is 1.80. The molecule has 0 radical (unpaired) electrons. The maximum atomic E-state index is 3.37. The topological polar surface area (TPSA) is 12.0 Å². The van der Waals surface area contributed by atoms with Gasteiger partial charge in [0.25, 0.3) is 0 Å². The smallest absolute Gasteiger partial charge is 0.00440 e. The zero-order valence-corrected chi connectivity index (χ0v) is 8.04. The monoisotopic (exact) mass is 131 g/mol. The van der Waals surface area contributed by atoms with Gasteiger partial charge in [-0.25, -0.2) is 0 Å². The molecule has 0 unspecified atom stereocenters. The minimum absolute atomic E-state index is 1.22. The van der Waals surface area contributed by atoms with Gasteiger partial charge in [-0.3, -0.25) is 0 Å². The molecule has 0 atom stereocenters. The van der Waals surface area contributed by atoms with Crippen LogP contribution in [0.15, 0.2) is 0 Å². The molecule has 0 saturated heterocycles. The van der Waals surface area contributed by atoms with Crippen molar-refractivity contribution in [3.8, 4) is 0 Å². The Labute approximate surface area is 55.3 Å². The molecule has 0 aliphatic carbocycles. The van der Waals surface area contributed by atoms with Gasteiger partial charge in [0, 0.05) is 10.2 Å². The van der Waals surface area contributed by atoms with E-state index in [1.807, 2.05) is 0 Å². The molecule has 0 aromatic rings. The van der Waals surface area contributed by atoms with Gasteiger partial charge >= 0.3 is 0 Å². The van der Waals surface area contributed by atoms with Crippen LogP contribution in [-0.2, 0) is 0 Å². The van der Waals surface area contributed by atoms with Gasteiger partial charge < -0.3 is 5.32 Å². The van der Waals surface area contributed by atoms with Gasteiger partial charge in [-0.2, -0.15) is 0 Å². The van der Waals surface area contributed by atoms with E-state index in [1.165, 1.54) is 42.2 Å². The molecule has 0 aromatic carbocycles. The van der Waals surface area contributed by atoms with Crippen LogP contribution in [0.5, 0.6) is 0 Å². The van der Waals surface area contributed by atoms with Gasteiger partial charge in [0.15, 0.2) is 0 Å². The standard InChI is InChI=1S/C6H17NSi/c1-2-3-4-7-5-6-8/h7H,2-6H2,1,8H3. The summed E-state index contributed by atoms with van der Waals surface area (Å²) in [6, 6.07) is 1.39. The lowest BCUT2D eigenvalue weighted by Crippen LogP contribution is -2.15. The third-order valence-corrected chi connectivity index (χ3v) is 1.63. The third kappa shape index (κ3) is 6.18. The molecular formula is C6H17NSi. The lowest BCUT2D eigenvalue weighted by Gasteiger charge is -1.98. The van der Waals surface area contributed by atoms with Crippen LogP contribution < -0.4 is 5.32 Å². The molecule has 0 aliphatic rings. The fraction of sp³-hybridized carbons (Fsp3) is 1.00. The van der Waals surface area contributed by atoms with Crippen LogP contribution in [0.1, 0.15) is 19.8 Å². The third-order valence-electron chi connectivity index (χ3n) is 1.13. The highest BCUT2D eigenvalue weighted by atomic mass is 28.1. The lowest BCUT2D eigenvalue weighted by molar-refractivity contribution is 0.663. The molecule has 0 aromatic heterocycles. The van der Waals surface area contributed by atoms with Crippen LogP contribution in [0, 0.1) is 0 Å². The Kier molecular flexibility index (Phi) is 7.34. The van der Waals surface area contributed by atoms with Gasteiger partial charge in [0.1, 0.15) is 0 Å². The fourth-order valence-corrected chi connectivity index (χ4v) is 0.957. The summed E-state index contributed by atoms with van der Waals surface area (Å²) in [5.74, 6) is 0. The van der Waals surface area contributed by atoms with Gasteiger partial charge in [-0.05, 0) is 19.5 Å². The molecule has 2 heteroatoms. The van der Waals surface area contributed by atoms with Crippen LogP contribution in [-0.4, -0.2) is 23.3 Å². The van der Waals surface area contributed by atoms with Crippen LogP contribution in [0.4, 0.5) is 0 Å². The van der Waals surface area contributed by atoms with E-state index < -0.39 is 0 Å². The Morgan fingerprint density at radius 3 is 2.62 bits per heavy atom. The summed E-state index contributed by atoms with van der Waals surface area (Å²) >= 11 is 0. The Morgan fingerprint density at radius 2 is 2.12 bits per heavy atom. The van der Waals surface area contributed by atoms with Crippen LogP contribution in [0.2, 0.25) is 6.04 Å². The minimum atomic E-state index is 1.22. The second-order valence-electron chi connectivity index (χ2n) is 2.10. The molecule has 0 fully saturated rings. The van der Waals surface area contributed by atoms with E-state index in [2.05, 4.69) is 12.2 Å². The molecule has 1 nitrogen and oxygen atoms in total. The molecule has 8 heavy (non-hydrogen) atoms. The van der Waals surface area contributed by atoms with Crippen molar-refractivity contribution >= 4 is 10.2 Å². The van der Waals surface area contributed by atoms with E-state index in [9.17, 15) is 0 Å². The molecule has 0 saturated carbocycles. The maximum absolute atomic E-state index is 3.37. The molecule has 0 spiro atoms. The Hall–Kier alpha value is 0.177. The summed E-state index contributed by atoms with van der Waals surface area (Å²) in [4.78, 5) is 0. The predicted molar refractivity (Wildman–Crippen MR) is 42.5 cm³/mol. The molecule has 0 bridgehead atoms. The highest BCUT2D eigenvalue weighted by Crippen LogP contribution is 1.81. The lowest BCUT2D eigenvalue weighted by atomic mass is 10.3. The minimum Gasteiger partial charge on any atom is -0.317 e. The van der Waals surface area contributed by atoms with Gasteiger partial charge in [-0.15, -0.1) is 0 Å². The largest absolute Gasteiger partial charge is 0.317 e. The van der Waals surface area contributed by atoms with Crippen molar-refractivity contribution in [3.63, 3.8) is 0 Å². The SMILES string of the molecule is CCCCNCC[SiH3]. The first kappa shape index (κ1) is 8.18. The number of hydrogen-bond donors (Lipinski definition) is 1. The normalized spacial score (nSPS) is 10.1. The molecule has 1 N–H and O–H groups in total. The van der Waals surface area contributed by atoms with Gasteiger partial charge in [-0.1, -0.05) is 19.4 Å². The quantitative estimate of drug-likeness (QED) is 0.414.